The smallest absolute Gasteiger partial charge is 0.415 e. The van der Waals surface area contributed by atoms with E-state index < -0.39 is 5.60 Å². The van der Waals surface area contributed by atoms with Crippen LogP contribution in [0.15, 0.2) is 41.4 Å². The van der Waals surface area contributed by atoms with E-state index in [1.54, 1.807) is 0 Å². The van der Waals surface area contributed by atoms with Gasteiger partial charge < -0.3 is 28.6 Å². The van der Waals surface area contributed by atoms with Gasteiger partial charge in [0.25, 0.3) is 5.56 Å². The Morgan fingerprint density at radius 1 is 1.09 bits per heavy atom. The molecule has 0 radical (unpaired) electrons. The number of hydrogen-bond donors (Lipinski definition) is 0. The van der Waals surface area contributed by atoms with Crippen molar-refractivity contribution >= 4 is 17.0 Å². The molecule has 7 rings (SSSR count). The summed E-state index contributed by atoms with van der Waals surface area (Å²) in [5, 5.41) is 0.948. The number of carbonyl (C=O) groups is 1. The van der Waals surface area contributed by atoms with E-state index in [1.807, 2.05) is 48.4 Å². The molecular weight excluding hydrogens is 580 g/mol. The van der Waals surface area contributed by atoms with E-state index in [-0.39, 0.29) is 24.4 Å². The number of rotatable bonds is 6. The van der Waals surface area contributed by atoms with Gasteiger partial charge in [0.15, 0.2) is 0 Å². The first-order chi connectivity index (χ1) is 22.2. The number of fused-ring (bicyclic) bond motifs is 5. The largest absolute Gasteiger partial charge is 0.490 e. The molecule has 0 bridgehead atoms. The summed E-state index contributed by atoms with van der Waals surface area (Å²) >= 11 is 0. The molecule has 3 aromatic rings. The highest BCUT2D eigenvalue weighted by Crippen LogP contribution is 2.46. The maximum absolute atomic E-state index is 14.0. The number of nitrogens with zero attached hydrogens (tertiary/aromatic N) is 4. The summed E-state index contributed by atoms with van der Waals surface area (Å²) in [5.74, 6) is 1.05. The number of hydrogen-bond acceptors (Lipinski definition) is 7. The van der Waals surface area contributed by atoms with E-state index in [9.17, 15) is 9.59 Å². The second-order valence-electron chi connectivity index (χ2n) is 13.5. The Balaban J connectivity index is 1.18. The van der Waals surface area contributed by atoms with Crippen LogP contribution in [0.2, 0.25) is 0 Å². The lowest BCUT2D eigenvalue weighted by Gasteiger charge is -2.41. The average Bonchev–Trinajstić information content (AvgIpc) is 3.44. The van der Waals surface area contributed by atoms with Crippen molar-refractivity contribution in [3.63, 3.8) is 0 Å². The Morgan fingerprint density at radius 3 is 2.54 bits per heavy atom. The molecule has 1 amide bonds. The molecule has 9 nitrogen and oxygen atoms in total. The third-order valence-corrected chi connectivity index (χ3v) is 10.5. The van der Waals surface area contributed by atoms with Gasteiger partial charge >= 0.3 is 6.09 Å². The zero-order valence-corrected chi connectivity index (χ0v) is 27.7. The summed E-state index contributed by atoms with van der Waals surface area (Å²) < 4.78 is 20.2. The number of aromatic nitrogens is 2. The van der Waals surface area contributed by atoms with Crippen LogP contribution in [0.4, 0.5) is 4.79 Å². The summed E-state index contributed by atoms with van der Waals surface area (Å²) in [6.07, 6.45) is 6.85. The average molecular weight is 627 g/mol. The van der Waals surface area contributed by atoms with Crippen LogP contribution in [0.3, 0.4) is 0 Å². The van der Waals surface area contributed by atoms with E-state index in [1.165, 1.54) is 32.4 Å². The predicted molar refractivity (Wildman–Crippen MR) is 178 cm³/mol. The number of benzene rings is 1. The zero-order chi connectivity index (χ0) is 32.2. The van der Waals surface area contributed by atoms with Crippen molar-refractivity contribution in [3.8, 4) is 17.1 Å². The van der Waals surface area contributed by atoms with Crippen molar-refractivity contribution in [2.24, 2.45) is 0 Å². The van der Waals surface area contributed by atoms with Crippen LogP contribution < -0.4 is 10.3 Å². The van der Waals surface area contributed by atoms with Gasteiger partial charge in [-0.15, -0.1) is 0 Å². The standard InChI is InChI=1S/C37H46N4O5/c1-6-27-28-19-26(45-36(43)40-17-13-25(14-18-40)39-15-9-8-10-16-39)11-12-32(28)38-34-29(27)21-41-33(34)20-31-30(35(41)42)22-44-24(5)37(31,7-2)46-23(3)4/h11-12,19-20,23,25H,5-10,13-18,21-22H2,1-4H3/t37-/m0/s1. The minimum absolute atomic E-state index is 0.0760. The van der Waals surface area contributed by atoms with Crippen molar-refractivity contribution in [3.05, 3.63) is 69.2 Å². The first-order valence-corrected chi connectivity index (χ1v) is 17.2. The van der Waals surface area contributed by atoms with E-state index in [0.29, 0.717) is 36.1 Å². The van der Waals surface area contributed by atoms with Gasteiger partial charge in [-0.05, 0) is 95.3 Å². The van der Waals surface area contributed by atoms with Gasteiger partial charge in [0.05, 0.1) is 35.1 Å². The summed E-state index contributed by atoms with van der Waals surface area (Å²) in [4.78, 5) is 36.8. The molecule has 4 aliphatic heterocycles. The highest BCUT2D eigenvalue weighted by atomic mass is 16.6. The monoisotopic (exact) mass is 626 g/mol. The molecule has 6 heterocycles. The number of amides is 1. The van der Waals surface area contributed by atoms with Crippen molar-refractivity contribution < 1.29 is 19.0 Å². The van der Waals surface area contributed by atoms with Gasteiger partial charge in [-0.3, -0.25) is 4.79 Å². The zero-order valence-electron chi connectivity index (χ0n) is 27.7. The maximum atomic E-state index is 14.0. The van der Waals surface area contributed by atoms with Gasteiger partial charge in [0, 0.05) is 35.6 Å². The van der Waals surface area contributed by atoms with Gasteiger partial charge in [-0.1, -0.05) is 26.8 Å². The third kappa shape index (κ3) is 5.12. The lowest BCUT2D eigenvalue weighted by atomic mass is 9.84. The van der Waals surface area contributed by atoms with Gasteiger partial charge in [0.1, 0.15) is 23.7 Å². The number of piperidine rings is 2. The molecular formula is C37H46N4O5. The molecule has 0 aliphatic carbocycles. The number of pyridine rings is 2. The van der Waals surface area contributed by atoms with Crippen molar-refractivity contribution in [2.75, 3.05) is 26.2 Å². The highest BCUT2D eigenvalue weighted by Gasteiger charge is 2.45. The van der Waals surface area contributed by atoms with Gasteiger partial charge in [-0.2, -0.15) is 0 Å². The topological polar surface area (TPSA) is 86.1 Å². The second-order valence-corrected chi connectivity index (χ2v) is 13.5. The molecule has 244 valence electrons. The van der Waals surface area contributed by atoms with E-state index >= 15 is 0 Å². The molecule has 0 unspecified atom stereocenters. The molecule has 1 atom stereocenters. The Bertz CT molecular complexity index is 1750. The molecule has 2 aromatic heterocycles. The fourth-order valence-corrected chi connectivity index (χ4v) is 8.19. The lowest BCUT2D eigenvalue weighted by molar-refractivity contribution is -0.105. The second kappa shape index (κ2) is 12.2. The molecule has 46 heavy (non-hydrogen) atoms. The van der Waals surface area contributed by atoms with Crippen LogP contribution in [0.25, 0.3) is 22.3 Å². The maximum Gasteiger partial charge on any atom is 0.415 e. The molecule has 0 spiro atoms. The minimum Gasteiger partial charge on any atom is -0.490 e. The molecule has 4 aliphatic rings. The number of likely N-dealkylation sites (tertiary alicyclic amines) is 2. The van der Waals surface area contributed by atoms with E-state index in [2.05, 4.69) is 24.5 Å². The first kappa shape index (κ1) is 30.9. The number of carbonyl (C=O) groups excluding carboxylic acids is 1. The van der Waals surface area contributed by atoms with Gasteiger partial charge in [0.2, 0.25) is 0 Å². The Morgan fingerprint density at radius 2 is 1.85 bits per heavy atom. The number of aryl methyl sites for hydroxylation is 1. The highest BCUT2D eigenvalue weighted by molar-refractivity contribution is 5.89. The first-order valence-electron chi connectivity index (χ1n) is 17.2. The van der Waals surface area contributed by atoms with Crippen molar-refractivity contribution in [2.45, 2.75) is 104 Å². The Hall–Kier alpha value is -3.69. The summed E-state index contributed by atoms with van der Waals surface area (Å²) in [5.41, 5.74) is 5.03. The third-order valence-electron chi connectivity index (χ3n) is 10.5. The fraction of sp³-hybridized carbons (Fsp3) is 0.541. The quantitative estimate of drug-likeness (QED) is 0.241. The lowest BCUT2D eigenvalue weighted by Crippen LogP contribution is -2.48. The van der Waals surface area contributed by atoms with Crippen LogP contribution >= 0.6 is 0 Å². The molecule has 1 aromatic carbocycles. The molecule has 2 saturated heterocycles. The van der Waals surface area contributed by atoms with Crippen LogP contribution in [0.5, 0.6) is 5.75 Å². The van der Waals surface area contributed by atoms with Crippen LogP contribution in [-0.4, -0.2) is 63.8 Å². The molecule has 2 fully saturated rings. The SMILES string of the molecule is C=C1OCc2c(cc3n(c2=O)Cc2c-3nc3ccc(OC(=O)N4CCC(N5CCCCC5)CC4)cc3c2CC)[C@@]1(CC)OC(C)C. The fourth-order valence-electron chi connectivity index (χ4n) is 8.19. The molecule has 0 N–H and O–H groups in total. The molecule has 9 heteroatoms. The Labute approximate surface area is 271 Å². The molecule has 0 saturated carbocycles. The van der Waals surface area contributed by atoms with Crippen LogP contribution in [0.1, 0.15) is 88.5 Å². The Kier molecular flexibility index (Phi) is 8.18. The minimum atomic E-state index is -0.898. The summed E-state index contributed by atoms with van der Waals surface area (Å²) in [6, 6.07) is 8.33. The van der Waals surface area contributed by atoms with Gasteiger partial charge in [-0.25, -0.2) is 9.78 Å². The summed E-state index contributed by atoms with van der Waals surface area (Å²) in [7, 11) is 0. The van der Waals surface area contributed by atoms with Crippen molar-refractivity contribution in [1.82, 2.24) is 19.4 Å². The van der Waals surface area contributed by atoms with Crippen molar-refractivity contribution in [1.29, 1.82) is 0 Å². The number of ether oxygens (including phenoxy) is 3. The van der Waals surface area contributed by atoms with E-state index in [0.717, 1.165) is 71.3 Å². The van der Waals surface area contributed by atoms with E-state index in [4.69, 9.17) is 19.2 Å². The predicted octanol–water partition coefficient (Wildman–Crippen LogP) is 6.51. The normalized spacial score (nSPS) is 21.7. The summed E-state index contributed by atoms with van der Waals surface area (Å²) in [6.45, 7) is 16.7. The van der Waals surface area contributed by atoms with Crippen LogP contribution in [-0.2, 0) is 34.6 Å². The van der Waals surface area contributed by atoms with Crippen LogP contribution in [0, 0.1) is 0 Å².